The maximum Gasteiger partial charge on any atom is 0.248 e. The van der Waals surface area contributed by atoms with Gasteiger partial charge in [0, 0.05) is 11.0 Å². The highest BCUT2D eigenvalue weighted by Gasteiger charge is 2.06. The van der Waals surface area contributed by atoms with Crippen LogP contribution in [0.2, 0.25) is 0 Å². The summed E-state index contributed by atoms with van der Waals surface area (Å²) in [6.07, 6.45) is 3.36. The van der Waals surface area contributed by atoms with Crippen LogP contribution in [0.1, 0.15) is 18.7 Å². The van der Waals surface area contributed by atoms with Crippen molar-refractivity contribution in [2.75, 3.05) is 5.32 Å². The van der Waals surface area contributed by atoms with E-state index in [1.165, 1.54) is 6.08 Å². The standard InChI is InChI=1S/C16H16BrNO2S/c1-11(2)20-14-6-4-3-5-13(14)18-16(19)10-8-12-7-9-15(17)21-12/h3-11H,1-2H3,(H,18,19)/b10-8+. The molecule has 21 heavy (non-hydrogen) atoms. The Morgan fingerprint density at radius 2 is 2.05 bits per heavy atom. The Morgan fingerprint density at radius 3 is 2.71 bits per heavy atom. The Kier molecular flexibility index (Phi) is 5.59. The van der Waals surface area contributed by atoms with Crippen molar-refractivity contribution >= 4 is 44.9 Å². The van der Waals surface area contributed by atoms with Gasteiger partial charge in [-0.15, -0.1) is 11.3 Å². The summed E-state index contributed by atoms with van der Waals surface area (Å²) in [7, 11) is 0. The third kappa shape index (κ3) is 5.02. The molecule has 0 aliphatic carbocycles. The maximum absolute atomic E-state index is 12.0. The van der Waals surface area contributed by atoms with Crippen LogP contribution in [0.5, 0.6) is 5.75 Å². The first kappa shape index (κ1) is 15.8. The van der Waals surface area contributed by atoms with E-state index >= 15 is 0 Å². The number of rotatable bonds is 5. The third-order valence-electron chi connectivity index (χ3n) is 2.50. The molecular weight excluding hydrogens is 350 g/mol. The first-order chi connectivity index (χ1) is 10.0. The fourth-order valence-corrected chi connectivity index (χ4v) is 3.00. The number of hydrogen-bond acceptors (Lipinski definition) is 3. The molecule has 5 heteroatoms. The van der Waals surface area contributed by atoms with Gasteiger partial charge in [-0.3, -0.25) is 4.79 Å². The summed E-state index contributed by atoms with van der Waals surface area (Å²) in [6, 6.07) is 11.3. The van der Waals surface area contributed by atoms with Crippen molar-refractivity contribution in [3.05, 3.63) is 51.1 Å². The second kappa shape index (κ2) is 7.43. The molecule has 110 valence electrons. The van der Waals surface area contributed by atoms with E-state index in [0.717, 1.165) is 8.66 Å². The number of halogens is 1. The van der Waals surface area contributed by atoms with Crippen LogP contribution in [0.4, 0.5) is 5.69 Å². The molecule has 0 atom stereocenters. The van der Waals surface area contributed by atoms with Crippen molar-refractivity contribution in [2.45, 2.75) is 20.0 Å². The number of nitrogens with one attached hydrogen (secondary N) is 1. The van der Waals surface area contributed by atoms with E-state index in [0.29, 0.717) is 11.4 Å². The van der Waals surface area contributed by atoms with Crippen molar-refractivity contribution in [3.63, 3.8) is 0 Å². The topological polar surface area (TPSA) is 38.3 Å². The Balaban J connectivity index is 2.04. The van der Waals surface area contributed by atoms with Crippen LogP contribution >= 0.6 is 27.3 Å². The predicted octanol–water partition coefficient (Wildman–Crippen LogP) is 4.95. The van der Waals surface area contributed by atoms with Gasteiger partial charge in [0.25, 0.3) is 0 Å². The zero-order valence-corrected chi connectivity index (χ0v) is 14.2. The molecule has 1 heterocycles. The summed E-state index contributed by atoms with van der Waals surface area (Å²) in [5.74, 6) is 0.493. The second-order valence-electron chi connectivity index (χ2n) is 4.63. The largest absolute Gasteiger partial charge is 0.489 e. The zero-order valence-electron chi connectivity index (χ0n) is 11.8. The first-order valence-corrected chi connectivity index (χ1v) is 8.15. The van der Waals surface area contributed by atoms with Gasteiger partial charge >= 0.3 is 0 Å². The van der Waals surface area contributed by atoms with Crippen molar-refractivity contribution < 1.29 is 9.53 Å². The van der Waals surface area contributed by atoms with Crippen LogP contribution in [0, 0.1) is 0 Å². The Morgan fingerprint density at radius 1 is 1.29 bits per heavy atom. The second-order valence-corrected chi connectivity index (χ2v) is 7.12. The quantitative estimate of drug-likeness (QED) is 0.761. The molecule has 0 saturated carbocycles. The number of thiophene rings is 1. The molecule has 0 aliphatic rings. The summed E-state index contributed by atoms with van der Waals surface area (Å²) in [5, 5.41) is 2.84. The maximum atomic E-state index is 12.0. The molecule has 0 bridgehead atoms. The number of carbonyl (C=O) groups is 1. The van der Waals surface area contributed by atoms with E-state index in [9.17, 15) is 4.79 Å². The van der Waals surface area contributed by atoms with Gasteiger partial charge in [0.1, 0.15) is 5.75 Å². The molecule has 0 fully saturated rings. The molecule has 1 N–H and O–H groups in total. The predicted molar refractivity (Wildman–Crippen MR) is 91.9 cm³/mol. The van der Waals surface area contributed by atoms with Crippen LogP contribution in [0.15, 0.2) is 46.3 Å². The van der Waals surface area contributed by atoms with Crippen molar-refractivity contribution in [2.24, 2.45) is 0 Å². The fourth-order valence-electron chi connectivity index (χ4n) is 1.68. The normalized spacial score (nSPS) is 11.0. The Labute approximate surface area is 136 Å². The minimum Gasteiger partial charge on any atom is -0.489 e. The van der Waals surface area contributed by atoms with Crippen molar-refractivity contribution in [1.82, 2.24) is 0 Å². The van der Waals surface area contributed by atoms with Crippen LogP contribution in [0.3, 0.4) is 0 Å². The van der Waals surface area contributed by atoms with Crippen LogP contribution in [-0.4, -0.2) is 12.0 Å². The van der Waals surface area contributed by atoms with Gasteiger partial charge in [0.15, 0.2) is 0 Å². The number of hydrogen-bond donors (Lipinski definition) is 1. The summed E-state index contributed by atoms with van der Waals surface area (Å²) >= 11 is 4.97. The summed E-state index contributed by atoms with van der Waals surface area (Å²) in [6.45, 7) is 3.90. The average Bonchev–Trinajstić information content (AvgIpc) is 2.84. The molecule has 0 aliphatic heterocycles. The monoisotopic (exact) mass is 365 g/mol. The number of anilines is 1. The summed E-state index contributed by atoms with van der Waals surface area (Å²) in [5.41, 5.74) is 0.674. The minimum atomic E-state index is -0.181. The fraction of sp³-hybridized carbons (Fsp3) is 0.188. The first-order valence-electron chi connectivity index (χ1n) is 6.54. The lowest BCUT2D eigenvalue weighted by Gasteiger charge is -2.14. The number of carbonyl (C=O) groups excluding carboxylic acids is 1. The molecule has 1 amide bonds. The van der Waals surface area contributed by atoms with Gasteiger partial charge in [-0.2, -0.15) is 0 Å². The third-order valence-corrected chi connectivity index (χ3v) is 4.09. The van der Waals surface area contributed by atoms with Gasteiger partial charge in [-0.1, -0.05) is 12.1 Å². The van der Waals surface area contributed by atoms with E-state index in [4.69, 9.17) is 4.74 Å². The van der Waals surface area contributed by atoms with E-state index in [2.05, 4.69) is 21.2 Å². The van der Waals surface area contributed by atoms with E-state index in [1.54, 1.807) is 17.4 Å². The highest BCUT2D eigenvalue weighted by molar-refractivity contribution is 9.11. The van der Waals surface area contributed by atoms with Gasteiger partial charge in [0.05, 0.1) is 15.6 Å². The SMILES string of the molecule is CC(C)Oc1ccccc1NC(=O)/C=C/c1ccc(Br)s1. The van der Waals surface area contributed by atoms with Gasteiger partial charge in [-0.25, -0.2) is 0 Å². The van der Waals surface area contributed by atoms with E-state index in [-0.39, 0.29) is 12.0 Å². The highest BCUT2D eigenvalue weighted by Crippen LogP contribution is 2.25. The van der Waals surface area contributed by atoms with Gasteiger partial charge in [-0.05, 0) is 60.1 Å². The lowest BCUT2D eigenvalue weighted by molar-refractivity contribution is -0.111. The smallest absolute Gasteiger partial charge is 0.248 e. The lowest BCUT2D eigenvalue weighted by atomic mass is 10.2. The van der Waals surface area contributed by atoms with Gasteiger partial charge in [0.2, 0.25) is 5.91 Å². The number of amides is 1. The van der Waals surface area contributed by atoms with Crippen LogP contribution in [-0.2, 0) is 4.79 Å². The summed E-state index contributed by atoms with van der Waals surface area (Å²) in [4.78, 5) is 13.0. The molecule has 0 spiro atoms. The molecule has 1 aromatic carbocycles. The lowest BCUT2D eigenvalue weighted by Crippen LogP contribution is -2.12. The molecule has 2 rings (SSSR count). The zero-order chi connectivity index (χ0) is 15.2. The van der Waals surface area contributed by atoms with E-state index < -0.39 is 0 Å². The minimum absolute atomic E-state index is 0.0575. The number of ether oxygens (including phenoxy) is 1. The molecule has 0 radical (unpaired) electrons. The molecular formula is C16H16BrNO2S. The van der Waals surface area contributed by atoms with Crippen LogP contribution < -0.4 is 10.1 Å². The molecule has 2 aromatic rings. The van der Waals surface area contributed by atoms with E-state index in [1.807, 2.05) is 50.2 Å². The summed E-state index contributed by atoms with van der Waals surface area (Å²) < 4.78 is 6.71. The van der Waals surface area contributed by atoms with Crippen LogP contribution in [0.25, 0.3) is 6.08 Å². The number of para-hydroxylation sites is 2. The molecule has 0 unspecified atom stereocenters. The molecule has 0 saturated heterocycles. The average molecular weight is 366 g/mol. The molecule has 3 nitrogen and oxygen atoms in total. The number of benzene rings is 1. The molecule has 1 aromatic heterocycles. The van der Waals surface area contributed by atoms with Gasteiger partial charge < -0.3 is 10.1 Å². The Bertz CT molecular complexity index is 649. The highest BCUT2D eigenvalue weighted by atomic mass is 79.9. The van der Waals surface area contributed by atoms with Crippen molar-refractivity contribution in [3.8, 4) is 5.75 Å². The Hall–Kier alpha value is -1.59. The van der Waals surface area contributed by atoms with Crippen molar-refractivity contribution in [1.29, 1.82) is 0 Å².